The van der Waals surface area contributed by atoms with Crippen LogP contribution in [-0.2, 0) is 0 Å². The van der Waals surface area contributed by atoms with Crippen molar-refractivity contribution in [2.45, 2.75) is 52.9 Å². The zero-order valence-electron chi connectivity index (χ0n) is 9.42. The van der Waals surface area contributed by atoms with E-state index in [0.717, 1.165) is 17.8 Å². The first kappa shape index (κ1) is 10.8. The molecule has 76 valence electrons. The van der Waals surface area contributed by atoms with Crippen LogP contribution in [0.4, 0.5) is 0 Å². The van der Waals surface area contributed by atoms with E-state index in [-0.39, 0.29) is 0 Å². The van der Waals surface area contributed by atoms with Crippen molar-refractivity contribution >= 4 is 0 Å². The molecule has 0 aromatic heterocycles. The molecule has 0 saturated carbocycles. The summed E-state index contributed by atoms with van der Waals surface area (Å²) in [5.74, 6) is 2.80. The molecule has 0 aromatic carbocycles. The molecule has 0 radical (unpaired) electrons. The Labute approximate surface area is 83.4 Å². The third-order valence-corrected chi connectivity index (χ3v) is 3.69. The molecule has 0 saturated heterocycles. The molecule has 0 spiro atoms. The van der Waals surface area contributed by atoms with Crippen LogP contribution in [0.2, 0.25) is 0 Å². The Morgan fingerprint density at radius 3 is 2.62 bits per heavy atom. The topological polar surface area (TPSA) is 0 Å². The minimum Gasteiger partial charge on any atom is -0.0885 e. The van der Waals surface area contributed by atoms with Gasteiger partial charge < -0.3 is 0 Å². The molecule has 0 heterocycles. The van der Waals surface area contributed by atoms with Crippen LogP contribution in [0.15, 0.2) is 12.2 Å². The van der Waals surface area contributed by atoms with Crippen molar-refractivity contribution in [1.29, 1.82) is 0 Å². The second kappa shape index (κ2) is 5.47. The lowest BCUT2D eigenvalue weighted by atomic mass is 9.76. The molecular formula is C13H24. The van der Waals surface area contributed by atoms with Crippen molar-refractivity contribution in [3.05, 3.63) is 12.2 Å². The van der Waals surface area contributed by atoms with Crippen molar-refractivity contribution in [2.24, 2.45) is 17.8 Å². The van der Waals surface area contributed by atoms with Crippen molar-refractivity contribution in [3.63, 3.8) is 0 Å². The van der Waals surface area contributed by atoms with Gasteiger partial charge in [-0.3, -0.25) is 0 Å². The molecule has 1 rings (SSSR count). The molecule has 0 nitrogen and oxygen atoms in total. The Kier molecular flexibility index (Phi) is 4.55. The SMILES string of the molecule is CCCC(C)C(C)C1CC=CCC1. The Morgan fingerprint density at radius 1 is 1.31 bits per heavy atom. The molecule has 0 amide bonds. The molecule has 13 heavy (non-hydrogen) atoms. The number of rotatable bonds is 4. The average Bonchev–Trinajstić information content (AvgIpc) is 2.18. The quantitative estimate of drug-likeness (QED) is 0.562. The monoisotopic (exact) mass is 180 g/mol. The van der Waals surface area contributed by atoms with Gasteiger partial charge in [-0.1, -0.05) is 45.8 Å². The zero-order valence-corrected chi connectivity index (χ0v) is 9.42. The maximum atomic E-state index is 2.45. The highest BCUT2D eigenvalue weighted by atomic mass is 14.3. The van der Waals surface area contributed by atoms with Crippen LogP contribution in [0.1, 0.15) is 52.9 Å². The van der Waals surface area contributed by atoms with E-state index in [4.69, 9.17) is 0 Å². The largest absolute Gasteiger partial charge is 0.0885 e. The molecule has 0 fully saturated rings. The fourth-order valence-electron chi connectivity index (χ4n) is 2.48. The van der Waals surface area contributed by atoms with Crippen LogP contribution in [0.3, 0.4) is 0 Å². The predicted molar refractivity (Wildman–Crippen MR) is 59.7 cm³/mol. The molecule has 1 aliphatic carbocycles. The van der Waals surface area contributed by atoms with Crippen molar-refractivity contribution in [3.8, 4) is 0 Å². The summed E-state index contributed by atoms with van der Waals surface area (Å²) in [6.07, 6.45) is 11.5. The van der Waals surface area contributed by atoms with Crippen molar-refractivity contribution < 1.29 is 0 Å². The molecule has 0 aliphatic heterocycles. The highest BCUT2D eigenvalue weighted by Gasteiger charge is 2.21. The van der Waals surface area contributed by atoms with E-state index >= 15 is 0 Å². The first-order chi connectivity index (χ1) is 6.25. The summed E-state index contributed by atoms with van der Waals surface area (Å²) in [6.45, 7) is 7.17. The van der Waals surface area contributed by atoms with E-state index in [9.17, 15) is 0 Å². The fourth-order valence-corrected chi connectivity index (χ4v) is 2.48. The standard InChI is InChI=1S/C13H24/c1-4-8-11(2)12(3)13-9-6-5-7-10-13/h5-6,11-13H,4,7-10H2,1-3H3. The summed E-state index contributed by atoms with van der Waals surface area (Å²) in [7, 11) is 0. The lowest BCUT2D eigenvalue weighted by Gasteiger charge is -2.29. The smallest absolute Gasteiger partial charge is 0.0319 e. The second-order valence-electron chi connectivity index (χ2n) is 4.67. The van der Waals surface area contributed by atoms with Crippen LogP contribution in [0.5, 0.6) is 0 Å². The summed E-state index contributed by atoms with van der Waals surface area (Å²) in [4.78, 5) is 0. The van der Waals surface area contributed by atoms with Gasteiger partial charge in [0.15, 0.2) is 0 Å². The molecule has 0 N–H and O–H groups in total. The molecule has 3 unspecified atom stereocenters. The predicted octanol–water partition coefficient (Wildman–Crippen LogP) is 4.42. The van der Waals surface area contributed by atoms with Crippen molar-refractivity contribution in [2.75, 3.05) is 0 Å². The van der Waals surface area contributed by atoms with Gasteiger partial charge in [-0.15, -0.1) is 0 Å². The number of hydrogen-bond acceptors (Lipinski definition) is 0. The van der Waals surface area contributed by atoms with Crippen LogP contribution in [-0.4, -0.2) is 0 Å². The Hall–Kier alpha value is -0.260. The Morgan fingerprint density at radius 2 is 2.08 bits per heavy atom. The van der Waals surface area contributed by atoms with Crippen LogP contribution in [0.25, 0.3) is 0 Å². The van der Waals surface area contributed by atoms with E-state index in [1.54, 1.807) is 0 Å². The summed E-state index contributed by atoms with van der Waals surface area (Å²) in [5, 5.41) is 0. The van der Waals surface area contributed by atoms with E-state index in [1.165, 1.54) is 32.1 Å². The van der Waals surface area contributed by atoms with Gasteiger partial charge >= 0.3 is 0 Å². The second-order valence-corrected chi connectivity index (χ2v) is 4.67. The van der Waals surface area contributed by atoms with Crippen LogP contribution in [0, 0.1) is 17.8 Å². The lowest BCUT2D eigenvalue weighted by molar-refractivity contribution is 0.234. The molecule has 0 heteroatoms. The molecule has 1 aliphatic rings. The normalized spacial score (nSPS) is 27.2. The first-order valence-corrected chi connectivity index (χ1v) is 5.90. The van der Waals surface area contributed by atoms with Crippen LogP contribution < -0.4 is 0 Å². The van der Waals surface area contributed by atoms with Gasteiger partial charge in [0.2, 0.25) is 0 Å². The highest BCUT2D eigenvalue weighted by molar-refractivity contribution is 4.92. The van der Waals surface area contributed by atoms with Gasteiger partial charge in [0.1, 0.15) is 0 Å². The highest BCUT2D eigenvalue weighted by Crippen LogP contribution is 2.32. The lowest BCUT2D eigenvalue weighted by Crippen LogP contribution is -2.19. The molecule has 3 atom stereocenters. The van der Waals surface area contributed by atoms with E-state index in [0.29, 0.717) is 0 Å². The van der Waals surface area contributed by atoms with Gasteiger partial charge in [0, 0.05) is 0 Å². The maximum absolute atomic E-state index is 2.45. The van der Waals surface area contributed by atoms with Crippen LogP contribution >= 0.6 is 0 Å². The van der Waals surface area contributed by atoms with Gasteiger partial charge in [0.05, 0.1) is 0 Å². The summed E-state index contributed by atoms with van der Waals surface area (Å²) < 4.78 is 0. The van der Waals surface area contributed by atoms with Gasteiger partial charge in [0.25, 0.3) is 0 Å². The van der Waals surface area contributed by atoms with Gasteiger partial charge in [-0.05, 0) is 37.0 Å². The molecule has 0 bridgehead atoms. The van der Waals surface area contributed by atoms with Crippen molar-refractivity contribution in [1.82, 2.24) is 0 Å². The number of hydrogen-bond donors (Lipinski definition) is 0. The zero-order chi connectivity index (χ0) is 9.68. The maximum Gasteiger partial charge on any atom is -0.0319 e. The fraction of sp³-hybridized carbons (Fsp3) is 0.846. The summed E-state index contributed by atoms with van der Waals surface area (Å²) in [5.41, 5.74) is 0. The molecular weight excluding hydrogens is 156 g/mol. The molecule has 0 aromatic rings. The van der Waals surface area contributed by atoms with Gasteiger partial charge in [-0.2, -0.15) is 0 Å². The first-order valence-electron chi connectivity index (χ1n) is 5.90. The minimum absolute atomic E-state index is 0.918. The Bertz CT molecular complexity index is 157. The summed E-state index contributed by atoms with van der Waals surface area (Å²) in [6, 6.07) is 0. The van der Waals surface area contributed by atoms with E-state index in [1.807, 2.05) is 0 Å². The third kappa shape index (κ3) is 3.17. The number of allylic oxidation sites excluding steroid dienone is 2. The average molecular weight is 180 g/mol. The van der Waals surface area contributed by atoms with E-state index in [2.05, 4.69) is 32.9 Å². The van der Waals surface area contributed by atoms with Gasteiger partial charge in [-0.25, -0.2) is 0 Å². The third-order valence-electron chi connectivity index (χ3n) is 3.69. The summed E-state index contributed by atoms with van der Waals surface area (Å²) >= 11 is 0. The minimum atomic E-state index is 0.918. The Balaban J connectivity index is 2.36. The van der Waals surface area contributed by atoms with E-state index < -0.39 is 0 Å².